The molecule has 1 aliphatic heterocycles. The van der Waals surface area contributed by atoms with Crippen LogP contribution in [0, 0.1) is 6.92 Å². The maximum absolute atomic E-state index is 13.4. The predicted molar refractivity (Wildman–Crippen MR) is 133 cm³/mol. The maximum Gasteiger partial charge on any atom is 0.264 e. The van der Waals surface area contributed by atoms with Gasteiger partial charge in [0.1, 0.15) is 0 Å². The highest BCUT2D eigenvalue weighted by Crippen LogP contribution is 2.31. The SMILES string of the molecule is Cc1ccc(N(C)S(=O)(=O)c2cccc(C(=O)N3CCCc4cc(S(C)(=O)=O)ccc43)c2)cc1. The maximum atomic E-state index is 13.4. The van der Waals surface area contributed by atoms with Gasteiger partial charge in [0, 0.05) is 31.1 Å². The van der Waals surface area contributed by atoms with E-state index in [1.807, 2.05) is 19.1 Å². The second kappa shape index (κ2) is 8.88. The van der Waals surface area contributed by atoms with Crippen molar-refractivity contribution in [1.29, 1.82) is 0 Å². The molecule has 0 aliphatic carbocycles. The predicted octanol–water partition coefficient (Wildman–Crippen LogP) is 3.82. The normalized spacial score (nSPS) is 13.9. The first-order valence-corrected chi connectivity index (χ1v) is 14.1. The molecule has 0 spiro atoms. The first kappa shape index (κ1) is 24.0. The van der Waals surface area contributed by atoms with Crippen LogP contribution < -0.4 is 9.21 Å². The van der Waals surface area contributed by atoms with Crippen molar-refractivity contribution in [2.45, 2.75) is 29.6 Å². The van der Waals surface area contributed by atoms with Crippen LogP contribution in [0.5, 0.6) is 0 Å². The fraction of sp³-hybridized carbons (Fsp3) is 0.240. The molecule has 0 N–H and O–H groups in total. The lowest BCUT2D eigenvalue weighted by atomic mass is 10.0. The Morgan fingerprint density at radius 1 is 0.912 bits per heavy atom. The van der Waals surface area contributed by atoms with Gasteiger partial charge in [-0.25, -0.2) is 16.8 Å². The molecule has 0 saturated carbocycles. The Bertz CT molecular complexity index is 1460. The molecule has 0 radical (unpaired) electrons. The average Bonchev–Trinajstić information content (AvgIpc) is 2.82. The molecule has 0 bridgehead atoms. The molecule has 9 heteroatoms. The largest absolute Gasteiger partial charge is 0.308 e. The quantitative estimate of drug-likeness (QED) is 0.533. The van der Waals surface area contributed by atoms with Crippen LogP contribution in [-0.2, 0) is 26.3 Å². The van der Waals surface area contributed by atoms with Crippen molar-refractivity contribution in [2.24, 2.45) is 0 Å². The van der Waals surface area contributed by atoms with Gasteiger partial charge >= 0.3 is 0 Å². The molecule has 1 heterocycles. The number of hydrogen-bond donors (Lipinski definition) is 0. The second-order valence-corrected chi connectivity index (χ2v) is 12.4. The Labute approximate surface area is 200 Å². The zero-order valence-corrected chi connectivity index (χ0v) is 20.9. The summed E-state index contributed by atoms with van der Waals surface area (Å²) >= 11 is 0. The summed E-state index contributed by atoms with van der Waals surface area (Å²) in [5.74, 6) is -0.330. The monoisotopic (exact) mass is 498 g/mol. The number of aryl methyl sites for hydroxylation is 2. The molecule has 3 aromatic rings. The minimum atomic E-state index is -3.88. The van der Waals surface area contributed by atoms with E-state index in [4.69, 9.17) is 0 Å². The van der Waals surface area contributed by atoms with Crippen LogP contribution in [0.1, 0.15) is 27.9 Å². The van der Waals surface area contributed by atoms with Crippen molar-refractivity contribution in [3.05, 3.63) is 83.4 Å². The van der Waals surface area contributed by atoms with E-state index in [0.717, 1.165) is 17.4 Å². The lowest BCUT2D eigenvalue weighted by Crippen LogP contribution is -2.35. The fourth-order valence-electron chi connectivity index (χ4n) is 4.01. The number of amides is 1. The van der Waals surface area contributed by atoms with E-state index in [9.17, 15) is 21.6 Å². The van der Waals surface area contributed by atoms with Gasteiger partial charge in [0.2, 0.25) is 0 Å². The Kier molecular flexibility index (Phi) is 6.26. The third kappa shape index (κ3) is 4.58. The summed E-state index contributed by atoms with van der Waals surface area (Å²) in [6, 6.07) is 17.9. The van der Waals surface area contributed by atoms with Gasteiger partial charge in [-0.15, -0.1) is 0 Å². The minimum Gasteiger partial charge on any atom is -0.308 e. The first-order chi connectivity index (χ1) is 16.0. The van der Waals surface area contributed by atoms with Crippen LogP contribution in [0.4, 0.5) is 11.4 Å². The van der Waals surface area contributed by atoms with Crippen molar-refractivity contribution in [3.63, 3.8) is 0 Å². The van der Waals surface area contributed by atoms with E-state index in [0.29, 0.717) is 30.8 Å². The average molecular weight is 499 g/mol. The van der Waals surface area contributed by atoms with Crippen molar-refractivity contribution in [1.82, 2.24) is 0 Å². The lowest BCUT2D eigenvalue weighted by Gasteiger charge is -2.30. The number of fused-ring (bicyclic) bond motifs is 1. The number of benzene rings is 3. The van der Waals surface area contributed by atoms with Gasteiger partial charge in [-0.1, -0.05) is 23.8 Å². The van der Waals surface area contributed by atoms with E-state index >= 15 is 0 Å². The zero-order chi connectivity index (χ0) is 24.7. The topological polar surface area (TPSA) is 91.8 Å². The van der Waals surface area contributed by atoms with E-state index in [2.05, 4.69) is 0 Å². The number of rotatable bonds is 5. The summed E-state index contributed by atoms with van der Waals surface area (Å²) in [4.78, 5) is 15.2. The third-order valence-corrected chi connectivity index (χ3v) is 8.87. The highest BCUT2D eigenvalue weighted by atomic mass is 32.2. The molecule has 3 aromatic carbocycles. The molecular weight excluding hydrogens is 472 g/mol. The smallest absolute Gasteiger partial charge is 0.264 e. The molecule has 0 atom stereocenters. The van der Waals surface area contributed by atoms with E-state index < -0.39 is 19.9 Å². The number of anilines is 2. The minimum absolute atomic E-state index is 0.0195. The second-order valence-electron chi connectivity index (χ2n) is 8.46. The summed E-state index contributed by atoms with van der Waals surface area (Å²) in [5, 5.41) is 0. The van der Waals surface area contributed by atoms with Gasteiger partial charge < -0.3 is 4.90 Å². The number of carbonyl (C=O) groups is 1. The van der Waals surface area contributed by atoms with Gasteiger partial charge in [-0.2, -0.15) is 0 Å². The molecule has 0 aromatic heterocycles. The summed E-state index contributed by atoms with van der Waals surface area (Å²) in [7, 11) is -5.75. The number of hydrogen-bond acceptors (Lipinski definition) is 5. The summed E-state index contributed by atoms with van der Waals surface area (Å²) in [5.41, 5.74) is 3.22. The number of sulfone groups is 1. The van der Waals surface area contributed by atoms with Gasteiger partial charge in [0.15, 0.2) is 9.84 Å². The Morgan fingerprint density at radius 3 is 2.29 bits per heavy atom. The third-order valence-electron chi connectivity index (χ3n) is 5.98. The highest BCUT2D eigenvalue weighted by molar-refractivity contribution is 7.92. The Balaban J connectivity index is 1.66. The summed E-state index contributed by atoms with van der Waals surface area (Å²) < 4.78 is 51.5. The molecule has 0 unspecified atom stereocenters. The molecule has 178 valence electrons. The molecule has 4 rings (SSSR count). The molecule has 7 nitrogen and oxygen atoms in total. The van der Waals surface area contributed by atoms with Gasteiger partial charge in [0.05, 0.1) is 15.5 Å². The van der Waals surface area contributed by atoms with Crippen LogP contribution in [0.2, 0.25) is 0 Å². The Morgan fingerprint density at radius 2 is 1.62 bits per heavy atom. The molecule has 34 heavy (non-hydrogen) atoms. The van der Waals surface area contributed by atoms with Crippen LogP contribution >= 0.6 is 0 Å². The Hall–Kier alpha value is -3.17. The summed E-state index contributed by atoms with van der Waals surface area (Å²) in [6.07, 6.45) is 2.50. The van der Waals surface area contributed by atoms with Crippen LogP contribution in [0.3, 0.4) is 0 Å². The first-order valence-electron chi connectivity index (χ1n) is 10.8. The number of sulfonamides is 1. The van der Waals surface area contributed by atoms with Crippen molar-refractivity contribution in [3.8, 4) is 0 Å². The van der Waals surface area contributed by atoms with E-state index in [-0.39, 0.29) is 21.3 Å². The standard InChI is InChI=1S/C25H26N2O5S2/c1-18-9-11-21(12-10-18)26(2)34(31,32)23-8-4-6-20(17-23)25(28)27-15-5-7-19-16-22(33(3,29)30)13-14-24(19)27/h4,6,8-14,16-17H,5,7,15H2,1-3H3. The van der Waals surface area contributed by atoms with E-state index in [1.165, 1.54) is 29.6 Å². The molecule has 0 fully saturated rings. The molecule has 1 aliphatic rings. The number of nitrogens with zero attached hydrogens (tertiary/aromatic N) is 2. The van der Waals surface area contributed by atoms with Gasteiger partial charge in [0.25, 0.3) is 15.9 Å². The van der Waals surface area contributed by atoms with Crippen molar-refractivity contribution >= 4 is 37.1 Å². The molecule has 1 amide bonds. The van der Waals surface area contributed by atoms with Crippen LogP contribution in [-0.4, -0.2) is 42.6 Å². The summed E-state index contributed by atoms with van der Waals surface area (Å²) in [6.45, 7) is 2.39. The van der Waals surface area contributed by atoms with Gasteiger partial charge in [-0.3, -0.25) is 9.10 Å². The highest BCUT2D eigenvalue weighted by Gasteiger charge is 2.27. The van der Waals surface area contributed by atoms with Crippen LogP contribution in [0.25, 0.3) is 0 Å². The van der Waals surface area contributed by atoms with Crippen molar-refractivity contribution in [2.75, 3.05) is 29.1 Å². The van der Waals surface area contributed by atoms with Crippen molar-refractivity contribution < 1.29 is 21.6 Å². The lowest BCUT2D eigenvalue weighted by molar-refractivity contribution is 0.0985. The molecule has 0 saturated heterocycles. The van der Waals surface area contributed by atoms with E-state index in [1.54, 1.807) is 41.3 Å². The zero-order valence-electron chi connectivity index (χ0n) is 19.2. The molecular formula is C25H26N2O5S2. The fourth-order valence-corrected chi connectivity index (χ4v) is 5.93. The number of carbonyl (C=O) groups excluding carboxylic acids is 1. The van der Waals surface area contributed by atoms with Gasteiger partial charge in [-0.05, 0) is 73.9 Å². The van der Waals surface area contributed by atoms with Crippen LogP contribution in [0.15, 0.2) is 76.5 Å².